The molecule has 0 bridgehead atoms. The Kier molecular flexibility index (Phi) is 6.51. The molecule has 0 aromatic heterocycles. The number of nitro groups is 1. The number of benzene rings is 3. The molecule has 0 unspecified atom stereocenters. The standard InChI is InChI=1S/C23H20N4O4/c1-15-8-9-19(14-21(15)27(30)31)23(29)26-25-16(2)17-10-12-20(13-11-17)24-22(28)18-6-4-3-5-7-18/h3-14H,1-2H3,(H,24,28)(H,26,29)/b25-16-. The summed E-state index contributed by atoms with van der Waals surface area (Å²) in [5, 5.41) is 17.9. The normalized spacial score (nSPS) is 11.0. The van der Waals surface area contributed by atoms with Crippen LogP contribution in [0.15, 0.2) is 77.9 Å². The number of nitrogens with zero attached hydrogens (tertiary/aromatic N) is 2. The van der Waals surface area contributed by atoms with E-state index in [0.29, 0.717) is 22.5 Å². The molecule has 3 rings (SSSR count). The Bertz CT molecular complexity index is 1160. The van der Waals surface area contributed by atoms with Crippen LogP contribution in [0, 0.1) is 17.0 Å². The zero-order chi connectivity index (χ0) is 22.4. The molecule has 8 nitrogen and oxygen atoms in total. The summed E-state index contributed by atoms with van der Waals surface area (Å²) >= 11 is 0. The van der Waals surface area contributed by atoms with Gasteiger partial charge in [-0.25, -0.2) is 5.43 Å². The van der Waals surface area contributed by atoms with Gasteiger partial charge in [0.15, 0.2) is 0 Å². The predicted octanol–water partition coefficient (Wildman–Crippen LogP) is 4.31. The van der Waals surface area contributed by atoms with Gasteiger partial charge in [-0.15, -0.1) is 0 Å². The number of hydrogen-bond donors (Lipinski definition) is 2. The predicted molar refractivity (Wildman–Crippen MR) is 118 cm³/mol. The highest BCUT2D eigenvalue weighted by Gasteiger charge is 2.15. The van der Waals surface area contributed by atoms with E-state index in [1.807, 2.05) is 6.07 Å². The number of carbonyl (C=O) groups excluding carboxylic acids is 2. The second kappa shape index (κ2) is 9.45. The number of carbonyl (C=O) groups is 2. The molecular formula is C23H20N4O4. The average molecular weight is 416 g/mol. The van der Waals surface area contributed by atoms with Gasteiger partial charge < -0.3 is 5.32 Å². The first-order chi connectivity index (χ1) is 14.8. The van der Waals surface area contributed by atoms with Crippen LogP contribution >= 0.6 is 0 Å². The van der Waals surface area contributed by atoms with Gasteiger partial charge in [-0.2, -0.15) is 5.10 Å². The highest BCUT2D eigenvalue weighted by Crippen LogP contribution is 2.19. The van der Waals surface area contributed by atoms with Crippen molar-refractivity contribution < 1.29 is 14.5 Å². The zero-order valence-electron chi connectivity index (χ0n) is 17.0. The molecule has 0 fully saturated rings. The van der Waals surface area contributed by atoms with E-state index in [0.717, 1.165) is 5.56 Å². The van der Waals surface area contributed by atoms with Crippen LogP contribution in [0.3, 0.4) is 0 Å². The van der Waals surface area contributed by atoms with Crippen LogP contribution in [0.1, 0.15) is 38.8 Å². The summed E-state index contributed by atoms with van der Waals surface area (Å²) in [5.41, 5.74) is 5.37. The highest BCUT2D eigenvalue weighted by molar-refractivity contribution is 6.05. The molecule has 3 aromatic rings. The minimum absolute atomic E-state index is 0.124. The van der Waals surface area contributed by atoms with Gasteiger partial charge in [0.05, 0.1) is 10.6 Å². The number of nitrogens with one attached hydrogen (secondary N) is 2. The fourth-order valence-corrected chi connectivity index (χ4v) is 2.80. The quantitative estimate of drug-likeness (QED) is 0.354. The minimum Gasteiger partial charge on any atom is -0.322 e. The number of nitro benzene ring substituents is 1. The minimum atomic E-state index is -0.547. The number of amides is 2. The SMILES string of the molecule is C/C(=N/NC(=O)c1ccc(C)c([N+](=O)[O-])c1)c1ccc(NC(=O)c2ccccc2)cc1. The molecule has 156 valence electrons. The van der Waals surface area contributed by atoms with E-state index >= 15 is 0 Å². The van der Waals surface area contributed by atoms with E-state index in [-0.39, 0.29) is 17.2 Å². The Hall–Kier alpha value is -4.33. The molecule has 0 atom stereocenters. The number of aryl methyl sites for hydroxylation is 1. The second-order valence-electron chi connectivity index (χ2n) is 6.79. The number of hydrogen-bond acceptors (Lipinski definition) is 5. The van der Waals surface area contributed by atoms with E-state index < -0.39 is 10.8 Å². The summed E-state index contributed by atoms with van der Waals surface area (Å²) in [5.74, 6) is -0.757. The molecule has 0 aliphatic heterocycles. The highest BCUT2D eigenvalue weighted by atomic mass is 16.6. The van der Waals surface area contributed by atoms with Gasteiger partial charge in [-0.05, 0) is 49.7 Å². The summed E-state index contributed by atoms with van der Waals surface area (Å²) < 4.78 is 0. The molecular weight excluding hydrogens is 396 g/mol. The molecule has 2 N–H and O–H groups in total. The first-order valence-electron chi connectivity index (χ1n) is 9.41. The second-order valence-corrected chi connectivity index (χ2v) is 6.79. The van der Waals surface area contributed by atoms with Gasteiger partial charge in [0.1, 0.15) is 0 Å². The number of anilines is 1. The van der Waals surface area contributed by atoms with Crippen LogP contribution in [0.2, 0.25) is 0 Å². The molecule has 31 heavy (non-hydrogen) atoms. The Morgan fingerprint density at radius 3 is 2.16 bits per heavy atom. The molecule has 0 aliphatic rings. The van der Waals surface area contributed by atoms with Gasteiger partial charge in [0.25, 0.3) is 17.5 Å². The summed E-state index contributed by atoms with van der Waals surface area (Å²) in [6.45, 7) is 3.32. The van der Waals surface area contributed by atoms with Crippen molar-refractivity contribution in [2.45, 2.75) is 13.8 Å². The molecule has 3 aromatic carbocycles. The van der Waals surface area contributed by atoms with E-state index in [9.17, 15) is 19.7 Å². The molecule has 0 saturated carbocycles. The third kappa shape index (κ3) is 5.39. The molecule has 0 saturated heterocycles. The first-order valence-corrected chi connectivity index (χ1v) is 9.41. The maximum Gasteiger partial charge on any atom is 0.273 e. The molecule has 0 heterocycles. The maximum absolute atomic E-state index is 12.3. The van der Waals surface area contributed by atoms with E-state index in [2.05, 4.69) is 15.8 Å². The maximum atomic E-state index is 12.3. The lowest BCUT2D eigenvalue weighted by atomic mass is 10.1. The lowest BCUT2D eigenvalue weighted by Crippen LogP contribution is -2.19. The first kappa shape index (κ1) is 21.4. The van der Waals surface area contributed by atoms with E-state index in [1.165, 1.54) is 18.2 Å². The molecule has 2 amide bonds. The van der Waals surface area contributed by atoms with Crippen LogP contribution in [-0.4, -0.2) is 22.4 Å². The summed E-state index contributed by atoms with van der Waals surface area (Å²) in [4.78, 5) is 35.0. The molecule has 0 spiro atoms. The zero-order valence-corrected chi connectivity index (χ0v) is 17.0. The van der Waals surface area contributed by atoms with Gasteiger partial charge in [0.2, 0.25) is 0 Å². The van der Waals surface area contributed by atoms with Gasteiger partial charge in [-0.3, -0.25) is 19.7 Å². The summed E-state index contributed by atoms with van der Waals surface area (Å²) in [6, 6.07) is 20.1. The van der Waals surface area contributed by atoms with Crippen LogP contribution in [0.4, 0.5) is 11.4 Å². The molecule has 0 aliphatic carbocycles. The van der Waals surface area contributed by atoms with Crippen molar-refractivity contribution in [3.63, 3.8) is 0 Å². The largest absolute Gasteiger partial charge is 0.322 e. The van der Waals surface area contributed by atoms with Gasteiger partial charge >= 0.3 is 0 Å². The topological polar surface area (TPSA) is 114 Å². The Morgan fingerprint density at radius 2 is 1.52 bits per heavy atom. The van der Waals surface area contributed by atoms with Crippen molar-refractivity contribution in [3.8, 4) is 0 Å². The fraction of sp³-hybridized carbons (Fsp3) is 0.0870. The number of rotatable bonds is 6. The van der Waals surface area contributed by atoms with Crippen molar-refractivity contribution in [3.05, 3.63) is 105 Å². The van der Waals surface area contributed by atoms with Crippen molar-refractivity contribution in [2.75, 3.05) is 5.32 Å². The third-order valence-corrected chi connectivity index (χ3v) is 4.59. The van der Waals surface area contributed by atoms with Crippen LogP contribution < -0.4 is 10.7 Å². The van der Waals surface area contributed by atoms with Crippen LogP contribution in [0.5, 0.6) is 0 Å². The fourth-order valence-electron chi connectivity index (χ4n) is 2.80. The van der Waals surface area contributed by atoms with Crippen LogP contribution in [-0.2, 0) is 0 Å². The Balaban J connectivity index is 1.65. The summed E-state index contributed by atoms with van der Waals surface area (Å²) in [7, 11) is 0. The van der Waals surface area contributed by atoms with Crippen molar-refractivity contribution in [2.24, 2.45) is 5.10 Å². The molecule has 8 heteroatoms. The molecule has 0 radical (unpaired) electrons. The van der Waals surface area contributed by atoms with E-state index in [4.69, 9.17) is 0 Å². The smallest absolute Gasteiger partial charge is 0.273 e. The van der Waals surface area contributed by atoms with Crippen LogP contribution in [0.25, 0.3) is 0 Å². The van der Waals surface area contributed by atoms with Crippen molar-refractivity contribution in [1.82, 2.24) is 5.43 Å². The van der Waals surface area contributed by atoms with E-state index in [1.54, 1.807) is 62.4 Å². The lowest BCUT2D eigenvalue weighted by Gasteiger charge is -2.07. The number of hydrazone groups is 1. The lowest BCUT2D eigenvalue weighted by molar-refractivity contribution is -0.385. The monoisotopic (exact) mass is 416 g/mol. The Labute approximate surface area is 178 Å². The average Bonchev–Trinajstić information content (AvgIpc) is 2.78. The summed E-state index contributed by atoms with van der Waals surface area (Å²) in [6.07, 6.45) is 0. The van der Waals surface area contributed by atoms with Gasteiger partial charge in [0, 0.05) is 28.4 Å². The van der Waals surface area contributed by atoms with Crippen molar-refractivity contribution >= 4 is 28.9 Å². The van der Waals surface area contributed by atoms with Crippen molar-refractivity contribution in [1.29, 1.82) is 0 Å². The Morgan fingerprint density at radius 1 is 0.871 bits per heavy atom. The van der Waals surface area contributed by atoms with Gasteiger partial charge in [-0.1, -0.05) is 36.4 Å². The third-order valence-electron chi connectivity index (χ3n) is 4.59.